The van der Waals surface area contributed by atoms with Crippen molar-refractivity contribution in [2.75, 3.05) is 22.6 Å². The average Bonchev–Trinajstić information content (AvgIpc) is 2.88. The zero-order chi connectivity index (χ0) is 24.1. The smallest absolute Gasteiger partial charge is 0.247 e. The van der Waals surface area contributed by atoms with E-state index in [-0.39, 0.29) is 11.8 Å². The molecule has 0 radical (unpaired) electrons. The Morgan fingerprint density at radius 2 is 1.79 bits per heavy atom. The molecule has 0 fully saturated rings. The lowest BCUT2D eigenvalue weighted by Crippen LogP contribution is -2.24. The van der Waals surface area contributed by atoms with E-state index >= 15 is 0 Å². The molecule has 34 heavy (non-hydrogen) atoms. The summed E-state index contributed by atoms with van der Waals surface area (Å²) in [6.07, 6.45) is 3.47. The minimum Gasteiger partial charge on any atom is -0.324 e. The van der Waals surface area contributed by atoms with Gasteiger partial charge >= 0.3 is 0 Å². The van der Waals surface area contributed by atoms with Gasteiger partial charge in [0, 0.05) is 47.7 Å². The molecule has 2 N–H and O–H groups in total. The van der Waals surface area contributed by atoms with Crippen LogP contribution in [0.1, 0.15) is 13.3 Å². The molecule has 0 spiro atoms. The number of amides is 2. The molecule has 0 unspecified atom stereocenters. The van der Waals surface area contributed by atoms with Crippen LogP contribution in [-0.2, 0) is 9.59 Å². The molecule has 0 saturated carbocycles. The lowest BCUT2D eigenvalue weighted by atomic mass is 10.0. The fraction of sp³-hybridized carbons (Fsp3) is 0.111. The Hall–Kier alpha value is -4.52. The molecule has 0 bridgehead atoms. The molecule has 3 aromatic carbocycles. The summed E-state index contributed by atoms with van der Waals surface area (Å²) >= 11 is 0. The molecule has 170 valence electrons. The van der Waals surface area contributed by atoms with Crippen molar-refractivity contribution in [3.05, 3.63) is 85.6 Å². The number of nitrogens with one attached hydrogen (secondary N) is 2. The molecule has 1 aromatic heterocycles. The monoisotopic (exact) mass is 451 g/mol. The summed E-state index contributed by atoms with van der Waals surface area (Å²) in [5.41, 5.74) is 4.95. The first-order chi connectivity index (χ1) is 16.5. The summed E-state index contributed by atoms with van der Waals surface area (Å²) in [6, 6.07) is 21.0. The predicted octanol–water partition coefficient (Wildman–Crippen LogP) is 5.54. The van der Waals surface area contributed by atoms with E-state index in [0.717, 1.165) is 33.4 Å². The highest BCUT2D eigenvalue weighted by atomic mass is 16.2. The second-order valence-electron chi connectivity index (χ2n) is 7.69. The maximum atomic E-state index is 11.9. The minimum absolute atomic E-state index is 0.0548. The number of fused-ring (bicyclic) bond motifs is 1. The summed E-state index contributed by atoms with van der Waals surface area (Å²) in [5, 5.41) is 6.93. The highest BCUT2D eigenvalue weighted by molar-refractivity contribution is 6.00. The molecule has 2 amide bonds. The molecule has 4 aromatic rings. The fourth-order valence-corrected chi connectivity index (χ4v) is 3.59. The third-order valence-corrected chi connectivity index (χ3v) is 5.42. The zero-order valence-corrected chi connectivity index (χ0v) is 19.1. The standard InChI is InChI=1S/C27H25N5O2/c1-4-24(33)29-21-10-6-8-18(16-21)23-11-7-9-19-17-28-27(31-26(19)23)30-20-12-14-22(15-13-20)32(3)25(34)5-2/h4,6-17H,1,5H2,2-3H3,(H,29,33)(H,28,30,31). The fourth-order valence-electron chi connectivity index (χ4n) is 3.59. The number of carbonyl (C=O) groups excluding carboxylic acids is 2. The first kappa shape index (κ1) is 22.7. The highest BCUT2D eigenvalue weighted by Crippen LogP contribution is 2.30. The van der Waals surface area contributed by atoms with Gasteiger partial charge in [0.2, 0.25) is 17.8 Å². The molecular weight excluding hydrogens is 426 g/mol. The molecule has 4 rings (SSSR count). The average molecular weight is 452 g/mol. The van der Waals surface area contributed by atoms with Crippen molar-refractivity contribution in [2.45, 2.75) is 13.3 Å². The van der Waals surface area contributed by atoms with Gasteiger partial charge in [-0.2, -0.15) is 0 Å². The van der Waals surface area contributed by atoms with Gasteiger partial charge in [0.1, 0.15) is 0 Å². The van der Waals surface area contributed by atoms with E-state index in [4.69, 9.17) is 4.98 Å². The van der Waals surface area contributed by atoms with Crippen molar-refractivity contribution >= 4 is 45.7 Å². The van der Waals surface area contributed by atoms with E-state index in [0.29, 0.717) is 18.1 Å². The van der Waals surface area contributed by atoms with Gasteiger partial charge in [-0.25, -0.2) is 9.97 Å². The molecule has 0 saturated heterocycles. The Kier molecular flexibility index (Phi) is 6.64. The molecule has 0 aliphatic rings. The molecule has 7 nitrogen and oxygen atoms in total. The van der Waals surface area contributed by atoms with Crippen LogP contribution >= 0.6 is 0 Å². The lowest BCUT2D eigenvalue weighted by molar-refractivity contribution is -0.118. The third kappa shape index (κ3) is 4.94. The first-order valence-electron chi connectivity index (χ1n) is 10.9. The third-order valence-electron chi connectivity index (χ3n) is 5.42. The molecule has 0 aliphatic carbocycles. The Bertz CT molecular complexity index is 1370. The van der Waals surface area contributed by atoms with Crippen LogP contribution in [0.5, 0.6) is 0 Å². The van der Waals surface area contributed by atoms with Crippen LogP contribution in [0.15, 0.2) is 85.6 Å². The summed E-state index contributed by atoms with van der Waals surface area (Å²) in [4.78, 5) is 34.4. The summed E-state index contributed by atoms with van der Waals surface area (Å²) in [5.74, 6) is 0.251. The quantitative estimate of drug-likeness (QED) is 0.360. The number of nitrogens with zero attached hydrogens (tertiary/aromatic N) is 3. The van der Waals surface area contributed by atoms with Gasteiger partial charge in [-0.1, -0.05) is 43.8 Å². The van der Waals surface area contributed by atoms with Crippen LogP contribution in [0.4, 0.5) is 23.0 Å². The number of carbonyl (C=O) groups is 2. The maximum absolute atomic E-state index is 11.9. The Labute approximate surface area is 198 Å². The van der Waals surface area contributed by atoms with Crippen molar-refractivity contribution in [3.8, 4) is 11.1 Å². The minimum atomic E-state index is -0.264. The molecule has 0 aliphatic heterocycles. The Morgan fingerprint density at radius 1 is 1.03 bits per heavy atom. The van der Waals surface area contributed by atoms with Gasteiger partial charge in [-0.05, 0) is 48.0 Å². The number of aromatic nitrogens is 2. The summed E-state index contributed by atoms with van der Waals surface area (Å²) in [7, 11) is 1.76. The van der Waals surface area contributed by atoms with Crippen LogP contribution in [0.2, 0.25) is 0 Å². The van der Waals surface area contributed by atoms with Gasteiger partial charge < -0.3 is 15.5 Å². The summed E-state index contributed by atoms with van der Waals surface area (Å²) < 4.78 is 0. The SMILES string of the molecule is C=CC(=O)Nc1cccc(-c2cccc3cnc(Nc4ccc(N(C)C(=O)CC)cc4)nc23)c1. The van der Waals surface area contributed by atoms with Crippen LogP contribution in [0, 0.1) is 0 Å². The molecular formula is C27H25N5O2. The largest absolute Gasteiger partial charge is 0.324 e. The number of anilines is 4. The zero-order valence-electron chi connectivity index (χ0n) is 19.1. The second-order valence-corrected chi connectivity index (χ2v) is 7.69. The Balaban J connectivity index is 1.63. The van der Waals surface area contributed by atoms with Gasteiger partial charge in [-0.3, -0.25) is 9.59 Å². The number of hydrogen-bond acceptors (Lipinski definition) is 5. The first-order valence-corrected chi connectivity index (χ1v) is 10.9. The Morgan fingerprint density at radius 3 is 2.53 bits per heavy atom. The normalized spacial score (nSPS) is 10.5. The van der Waals surface area contributed by atoms with Crippen LogP contribution in [0.3, 0.4) is 0 Å². The van der Waals surface area contributed by atoms with E-state index < -0.39 is 0 Å². The van der Waals surface area contributed by atoms with E-state index in [1.54, 1.807) is 18.1 Å². The van der Waals surface area contributed by atoms with Crippen molar-refractivity contribution in [1.29, 1.82) is 0 Å². The van der Waals surface area contributed by atoms with E-state index in [1.807, 2.05) is 73.7 Å². The number of para-hydroxylation sites is 1. The predicted molar refractivity (Wildman–Crippen MR) is 137 cm³/mol. The second kappa shape index (κ2) is 9.95. The van der Waals surface area contributed by atoms with E-state index in [2.05, 4.69) is 22.2 Å². The van der Waals surface area contributed by atoms with E-state index in [9.17, 15) is 9.59 Å². The van der Waals surface area contributed by atoms with Crippen LogP contribution < -0.4 is 15.5 Å². The highest BCUT2D eigenvalue weighted by Gasteiger charge is 2.10. The molecule has 0 atom stereocenters. The van der Waals surface area contributed by atoms with Gasteiger partial charge in [0.05, 0.1) is 5.52 Å². The van der Waals surface area contributed by atoms with Gasteiger partial charge in [0.15, 0.2) is 0 Å². The van der Waals surface area contributed by atoms with Crippen molar-refractivity contribution < 1.29 is 9.59 Å². The topological polar surface area (TPSA) is 87.2 Å². The number of rotatable bonds is 7. The van der Waals surface area contributed by atoms with Crippen LogP contribution in [-0.4, -0.2) is 28.8 Å². The number of benzene rings is 3. The van der Waals surface area contributed by atoms with Crippen molar-refractivity contribution in [1.82, 2.24) is 9.97 Å². The van der Waals surface area contributed by atoms with Gasteiger partial charge in [0.25, 0.3) is 0 Å². The van der Waals surface area contributed by atoms with Crippen LogP contribution in [0.25, 0.3) is 22.0 Å². The lowest BCUT2D eigenvalue weighted by Gasteiger charge is -2.17. The van der Waals surface area contributed by atoms with Gasteiger partial charge in [-0.15, -0.1) is 0 Å². The van der Waals surface area contributed by atoms with Crippen molar-refractivity contribution in [3.63, 3.8) is 0 Å². The number of hydrogen-bond donors (Lipinski definition) is 2. The summed E-state index contributed by atoms with van der Waals surface area (Å²) in [6.45, 7) is 5.33. The van der Waals surface area contributed by atoms with E-state index in [1.165, 1.54) is 6.08 Å². The van der Waals surface area contributed by atoms with Crippen molar-refractivity contribution in [2.24, 2.45) is 0 Å². The maximum Gasteiger partial charge on any atom is 0.247 e. The molecule has 1 heterocycles. The molecule has 7 heteroatoms.